The molecule has 0 spiro atoms. The van der Waals surface area contributed by atoms with E-state index in [1.165, 1.54) is 49.9 Å². The van der Waals surface area contributed by atoms with Crippen LogP contribution in [0.2, 0.25) is 0 Å². The standard InChI is InChI=1S/C10H22NO/c1-2-11(7-3-4-8-11)9-5-6-10-12/h12H,2-10H2,1H3/q+1. The van der Waals surface area contributed by atoms with Crippen molar-refractivity contribution in [1.82, 2.24) is 0 Å². The summed E-state index contributed by atoms with van der Waals surface area (Å²) in [6, 6.07) is 0. The van der Waals surface area contributed by atoms with Gasteiger partial charge in [0.25, 0.3) is 0 Å². The fourth-order valence-corrected chi connectivity index (χ4v) is 2.26. The third kappa shape index (κ3) is 2.46. The molecule has 1 saturated heterocycles. The van der Waals surface area contributed by atoms with Crippen LogP contribution in [0.15, 0.2) is 0 Å². The Bertz CT molecular complexity index is 119. The molecule has 1 heterocycles. The van der Waals surface area contributed by atoms with E-state index in [1.54, 1.807) is 0 Å². The first-order valence-corrected chi connectivity index (χ1v) is 5.29. The van der Waals surface area contributed by atoms with Gasteiger partial charge in [0.2, 0.25) is 0 Å². The van der Waals surface area contributed by atoms with Crippen LogP contribution in [0, 0.1) is 0 Å². The topological polar surface area (TPSA) is 20.2 Å². The molecule has 1 aliphatic heterocycles. The van der Waals surface area contributed by atoms with Gasteiger partial charge < -0.3 is 9.59 Å². The molecular formula is C10H22NO+. The van der Waals surface area contributed by atoms with Crippen molar-refractivity contribution in [2.24, 2.45) is 0 Å². The smallest absolute Gasteiger partial charge is 0.0788 e. The molecule has 0 atom stereocenters. The van der Waals surface area contributed by atoms with Crippen molar-refractivity contribution in [3.05, 3.63) is 0 Å². The van der Waals surface area contributed by atoms with Gasteiger partial charge in [-0.2, -0.15) is 0 Å². The van der Waals surface area contributed by atoms with Crippen molar-refractivity contribution in [3.8, 4) is 0 Å². The molecule has 0 aromatic rings. The molecule has 0 bridgehead atoms. The number of aliphatic hydroxyl groups is 1. The van der Waals surface area contributed by atoms with Crippen molar-refractivity contribution in [1.29, 1.82) is 0 Å². The summed E-state index contributed by atoms with van der Waals surface area (Å²) < 4.78 is 1.32. The number of likely N-dealkylation sites (tertiary alicyclic amines) is 1. The van der Waals surface area contributed by atoms with Crippen molar-refractivity contribution >= 4 is 0 Å². The quantitative estimate of drug-likeness (QED) is 0.491. The van der Waals surface area contributed by atoms with Crippen LogP contribution in [-0.4, -0.2) is 42.4 Å². The summed E-state index contributed by atoms with van der Waals surface area (Å²) in [6.07, 6.45) is 5.00. The Morgan fingerprint density at radius 3 is 2.33 bits per heavy atom. The van der Waals surface area contributed by atoms with E-state index in [0.717, 1.165) is 6.42 Å². The van der Waals surface area contributed by atoms with Crippen LogP contribution < -0.4 is 0 Å². The molecule has 1 aliphatic rings. The molecule has 2 heteroatoms. The SMILES string of the molecule is CC[N+]1(CCCCO)CCCC1. The third-order valence-electron chi connectivity index (χ3n) is 3.23. The van der Waals surface area contributed by atoms with Gasteiger partial charge in [-0.15, -0.1) is 0 Å². The molecule has 2 nitrogen and oxygen atoms in total. The lowest BCUT2D eigenvalue weighted by Gasteiger charge is -2.33. The second kappa shape index (κ2) is 4.83. The largest absolute Gasteiger partial charge is 0.396 e. The number of nitrogens with zero attached hydrogens (tertiary/aromatic N) is 1. The van der Waals surface area contributed by atoms with Crippen LogP contribution in [0.3, 0.4) is 0 Å². The minimum Gasteiger partial charge on any atom is -0.396 e. The van der Waals surface area contributed by atoms with Gasteiger partial charge in [0.15, 0.2) is 0 Å². The van der Waals surface area contributed by atoms with Crippen LogP contribution >= 0.6 is 0 Å². The van der Waals surface area contributed by atoms with Crippen LogP contribution in [0.25, 0.3) is 0 Å². The molecule has 72 valence electrons. The first kappa shape index (κ1) is 10.0. The van der Waals surface area contributed by atoms with E-state index in [1.807, 2.05) is 0 Å². The summed E-state index contributed by atoms with van der Waals surface area (Å²) in [4.78, 5) is 0. The van der Waals surface area contributed by atoms with Gasteiger partial charge in [-0.3, -0.25) is 0 Å². The molecule has 0 amide bonds. The molecule has 0 unspecified atom stereocenters. The number of rotatable bonds is 5. The fourth-order valence-electron chi connectivity index (χ4n) is 2.26. The molecule has 0 aromatic carbocycles. The molecule has 1 rings (SSSR count). The highest BCUT2D eigenvalue weighted by Gasteiger charge is 2.28. The Kier molecular flexibility index (Phi) is 4.02. The molecule has 0 radical (unpaired) electrons. The Labute approximate surface area is 75.8 Å². The number of hydrogen-bond acceptors (Lipinski definition) is 1. The van der Waals surface area contributed by atoms with Gasteiger partial charge in [0, 0.05) is 19.4 Å². The molecule has 1 N–H and O–H groups in total. The number of quaternary nitrogens is 1. The average Bonchev–Trinajstić information content (AvgIpc) is 2.55. The van der Waals surface area contributed by atoms with Crippen molar-refractivity contribution in [2.45, 2.75) is 32.6 Å². The Balaban J connectivity index is 2.24. The van der Waals surface area contributed by atoms with E-state index in [4.69, 9.17) is 5.11 Å². The molecule has 0 saturated carbocycles. The normalized spacial score (nSPS) is 21.5. The molecule has 1 fully saturated rings. The summed E-state index contributed by atoms with van der Waals surface area (Å²) in [6.45, 7) is 7.99. The predicted molar refractivity (Wildman–Crippen MR) is 51.0 cm³/mol. The highest BCUT2D eigenvalue weighted by molar-refractivity contribution is 4.54. The highest BCUT2D eigenvalue weighted by atomic mass is 16.2. The van der Waals surface area contributed by atoms with Crippen LogP contribution in [0.4, 0.5) is 0 Å². The Morgan fingerprint density at radius 2 is 1.83 bits per heavy atom. The average molecular weight is 172 g/mol. The van der Waals surface area contributed by atoms with Crippen molar-refractivity contribution in [3.63, 3.8) is 0 Å². The lowest BCUT2D eigenvalue weighted by molar-refractivity contribution is -0.915. The molecule has 0 aliphatic carbocycles. The van der Waals surface area contributed by atoms with Gasteiger partial charge >= 0.3 is 0 Å². The predicted octanol–water partition coefficient (Wildman–Crippen LogP) is 1.39. The fraction of sp³-hybridized carbons (Fsp3) is 1.00. The second-order valence-corrected chi connectivity index (χ2v) is 3.97. The maximum Gasteiger partial charge on any atom is 0.0788 e. The zero-order chi connectivity index (χ0) is 8.86. The Morgan fingerprint density at radius 1 is 1.17 bits per heavy atom. The summed E-state index contributed by atoms with van der Waals surface area (Å²) in [7, 11) is 0. The summed E-state index contributed by atoms with van der Waals surface area (Å²) in [5.74, 6) is 0. The number of aliphatic hydroxyl groups excluding tert-OH is 1. The number of unbranched alkanes of at least 4 members (excludes halogenated alkanes) is 1. The van der Waals surface area contributed by atoms with E-state index in [9.17, 15) is 0 Å². The maximum absolute atomic E-state index is 8.69. The summed E-state index contributed by atoms with van der Waals surface area (Å²) >= 11 is 0. The van der Waals surface area contributed by atoms with Crippen LogP contribution in [0.5, 0.6) is 0 Å². The zero-order valence-corrected chi connectivity index (χ0v) is 8.26. The van der Waals surface area contributed by atoms with E-state index in [0.29, 0.717) is 6.61 Å². The van der Waals surface area contributed by atoms with Gasteiger partial charge in [-0.1, -0.05) is 0 Å². The Hall–Kier alpha value is -0.0800. The lowest BCUT2D eigenvalue weighted by atomic mass is 10.2. The van der Waals surface area contributed by atoms with E-state index in [2.05, 4.69) is 6.92 Å². The van der Waals surface area contributed by atoms with E-state index in [-0.39, 0.29) is 0 Å². The first-order chi connectivity index (χ1) is 5.83. The molecule has 0 aromatic heterocycles. The zero-order valence-electron chi connectivity index (χ0n) is 8.26. The van der Waals surface area contributed by atoms with Crippen molar-refractivity contribution in [2.75, 3.05) is 32.8 Å². The summed E-state index contributed by atoms with van der Waals surface area (Å²) in [5.41, 5.74) is 0. The van der Waals surface area contributed by atoms with Gasteiger partial charge in [-0.25, -0.2) is 0 Å². The third-order valence-corrected chi connectivity index (χ3v) is 3.23. The molecule has 12 heavy (non-hydrogen) atoms. The minimum atomic E-state index is 0.365. The molecular weight excluding hydrogens is 150 g/mol. The summed E-state index contributed by atoms with van der Waals surface area (Å²) in [5, 5.41) is 8.69. The van der Waals surface area contributed by atoms with Gasteiger partial charge in [-0.05, 0) is 19.8 Å². The van der Waals surface area contributed by atoms with Gasteiger partial charge in [0.05, 0.1) is 26.2 Å². The van der Waals surface area contributed by atoms with E-state index < -0.39 is 0 Å². The minimum absolute atomic E-state index is 0.365. The van der Waals surface area contributed by atoms with Gasteiger partial charge in [0.1, 0.15) is 0 Å². The number of hydrogen-bond donors (Lipinski definition) is 1. The second-order valence-electron chi connectivity index (χ2n) is 3.97. The first-order valence-electron chi connectivity index (χ1n) is 5.29. The monoisotopic (exact) mass is 172 g/mol. The highest BCUT2D eigenvalue weighted by Crippen LogP contribution is 2.19. The van der Waals surface area contributed by atoms with Crippen LogP contribution in [0.1, 0.15) is 32.6 Å². The van der Waals surface area contributed by atoms with Crippen LogP contribution in [-0.2, 0) is 0 Å². The van der Waals surface area contributed by atoms with E-state index >= 15 is 0 Å². The maximum atomic E-state index is 8.69. The lowest BCUT2D eigenvalue weighted by Crippen LogP contribution is -2.45. The van der Waals surface area contributed by atoms with Crippen molar-refractivity contribution < 1.29 is 9.59 Å².